The Labute approximate surface area is 102 Å². The summed E-state index contributed by atoms with van der Waals surface area (Å²) in [5.41, 5.74) is 0.984. The minimum absolute atomic E-state index is 0.0657. The number of hydrogen-bond donors (Lipinski definition) is 1. The van der Waals surface area contributed by atoms with Crippen LogP contribution in [0, 0.1) is 0 Å². The van der Waals surface area contributed by atoms with Crippen LogP contribution in [0.3, 0.4) is 0 Å². The second-order valence-electron chi connectivity index (χ2n) is 4.11. The summed E-state index contributed by atoms with van der Waals surface area (Å²) in [6.45, 7) is 0.352. The van der Waals surface area contributed by atoms with E-state index in [1.807, 2.05) is 30.3 Å². The van der Waals surface area contributed by atoms with E-state index in [9.17, 15) is 18.3 Å². The van der Waals surface area contributed by atoms with Crippen molar-refractivity contribution >= 4 is 0 Å². The molecule has 0 aliphatic heterocycles. The standard InChI is InChI=1S/C13H12F3NO/c14-13(15,16)7-11-6-12(18)17(9-11)8-10-4-2-1-3-5-10/h1-6,9,18H,7-8H2. The first-order valence-electron chi connectivity index (χ1n) is 5.43. The Balaban J connectivity index is 2.15. The molecule has 1 aromatic heterocycles. The molecule has 5 heteroatoms. The number of rotatable bonds is 3. The van der Waals surface area contributed by atoms with Gasteiger partial charge in [0.1, 0.15) is 0 Å². The van der Waals surface area contributed by atoms with Gasteiger partial charge in [-0.1, -0.05) is 30.3 Å². The van der Waals surface area contributed by atoms with Crippen molar-refractivity contribution in [1.82, 2.24) is 4.57 Å². The normalized spacial score (nSPS) is 11.7. The van der Waals surface area contributed by atoms with Crippen LogP contribution in [0.15, 0.2) is 42.6 Å². The molecule has 0 aliphatic rings. The van der Waals surface area contributed by atoms with E-state index >= 15 is 0 Å². The molecule has 0 saturated carbocycles. The van der Waals surface area contributed by atoms with Crippen LogP contribution in [-0.4, -0.2) is 15.8 Å². The van der Waals surface area contributed by atoms with Crippen molar-refractivity contribution in [3.8, 4) is 5.88 Å². The maximum Gasteiger partial charge on any atom is 0.393 e. The highest BCUT2D eigenvalue weighted by atomic mass is 19.4. The van der Waals surface area contributed by atoms with Crippen LogP contribution in [0.4, 0.5) is 13.2 Å². The summed E-state index contributed by atoms with van der Waals surface area (Å²) in [7, 11) is 0. The third-order valence-corrected chi connectivity index (χ3v) is 2.53. The first kappa shape index (κ1) is 12.5. The average molecular weight is 255 g/mol. The molecule has 0 aliphatic carbocycles. The quantitative estimate of drug-likeness (QED) is 0.894. The second-order valence-corrected chi connectivity index (χ2v) is 4.11. The Morgan fingerprint density at radius 1 is 1.06 bits per heavy atom. The molecule has 2 nitrogen and oxygen atoms in total. The molecule has 0 spiro atoms. The van der Waals surface area contributed by atoms with Gasteiger partial charge in [0.25, 0.3) is 0 Å². The van der Waals surface area contributed by atoms with E-state index in [0.717, 1.165) is 11.6 Å². The number of aromatic hydroxyl groups is 1. The third-order valence-electron chi connectivity index (χ3n) is 2.53. The van der Waals surface area contributed by atoms with Crippen molar-refractivity contribution in [2.45, 2.75) is 19.1 Å². The van der Waals surface area contributed by atoms with Gasteiger partial charge in [0.05, 0.1) is 13.0 Å². The zero-order valence-corrected chi connectivity index (χ0v) is 9.48. The van der Waals surface area contributed by atoms with Crippen molar-refractivity contribution in [1.29, 1.82) is 0 Å². The van der Waals surface area contributed by atoms with Gasteiger partial charge in [-0.15, -0.1) is 0 Å². The lowest BCUT2D eigenvalue weighted by atomic mass is 10.2. The highest BCUT2D eigenvalue weighted by Gasteiger charge is 2.28. The van der Waals surface area contributed by atoms with Gasteiger partial charge >= 0.3 is 6.18 Å². The maximum atomic E-state index is 12.2. The average Bonchev–Trinajstić information content (AvgIpc) is 2.58. The smallest absolute Gasteiger partial charge is 0.393 e. The predicted molar refractivity (Wildman–Crippen MR) is 61.4 cm³/mol. The molecule has 0 amide bonds. The van der Waals surface area contributed by atoms with Crippen LogP contribution in [0.25, 0.3) is 0 Å². The van der Waals surface area contributed by atoms with E-state index in [1.165, 1.54) is 10.8 Å². The number of hydrogen-bond acceptors (Lipinski definition) is 1. The maximum absolute atomic E-state index is 12.2. The summed E-state index contributed by atoms with van der Waals surface area (Å²) >= 11 is 0. The number of alkyl halides is 3. The minimum Gasteiger partial charge on any atom is -0.494 e. The molecule has 96 valence electrons. The molecule has 1 aromatic carbocycles. The number of halogens is 3. The van der Waals surface area contributed by atoms with E-state index in [4.69, 9.17) is 0 Å². The van der Waals surface area contributed by atoms with Gasteiger partial charge in [-0.25, -0.2) is 0 Å². The fourth-order valence-electron chi connectivity index (χ4n) is 1.79. The molecule has 1 N–H and O–H groups in total. The fraction of sp³-hybridized carbons (Fsp3) is 0.231. The number of nitrogens with zero attached hydrogens (tertiary/aromatic N) is 1. The molecule has 0 unspecified atom stereocenters. The SMILES string of the molecule is Oc1cc(CC(F)(F)F)cn1Cc1ccccc1. The summed E-state index contributed by atoms with van der Waals surface area (Å²) in [6, 6.07) is 10.4. The number of aromatic nitrogens is 1. The number of benzene rings is 1. The van der Waals surface area contributed by atoms with Gasteiger partial charge in [-0.05, 0) is 11.1 Å². The largest absolute Gasteiger partial charge is 0.494 e. The van der Waals surface area contributed by atoms with Crippen LogP contribution in [0.1, 0.15) is 11.1 Å². The van der Waals surface area contributed by atoms with Crippen molar-refractivity contribution in [2.75, 3.05) is 0 Å². The van der Waals surface area contributed by atoms with Gasteiger partial charge < -0.3 is 9.67 Å². The summed E-state index contributed by atoms with van der Waals surface area (Å²) in [6.07, 6.45) is -3.95. The van der Waals surface area contributed by atoms with Crippen molar-refractivity contribution < 1.29 is 18.3 Å². The Hall–Kier alpha value is -1.91. The molecule has 2 rings (SSSR count). The highest BCUT2D eigenvalue weighted by Crippen LogP contribution is 2.25. The molecule has 0 radical (unpaired) electrons. The minimum atomic E-state index is -4.26. The second kappa shape index (κ2) is 4.76. The van der Waals surface area contributed by atoms with E-state index in [-0.39, 0.29) is 11.4 Å². The van der Waals surface area contributed by atoms with Gasteiger partial charge in [0.15, 0.2) is 5.88 Å². The fourth-order valence-corrected chi connectivity index (χ4v) is 1.79. The third kappa shape index (κ3) is 3.29. The molecule has 18 heavy (non-hydrogen) atoms. The van der Waals surface area contributed by atoms with Crippen LogP contribution in [-0.2, 0) is 13.0 Å². The molecular formula is C13H12F3NO. The predicted octanol–water partition coefficient (Wildman–Crippen LogP) is 3.35. The van der Waals surface area contributed by atoms with E-state index < -0.39 is 12.6 Å². The molecular weight excluding hydrogens is 243 g/mol. The molecule has 0 atom stereocenters. The lowest BCUT2D eigenvalue weighted by molar-refractivity contribution is -0.127. The van der Waals surface area contributed by atoms with Crippen molar-refractivity contribution in [2.24, 2.45) is 0 Å². The zero-order chi connectivity index (χ0) is 13.2. The Morgan fingerprint density at radius 3 is 2.33 bits per heavy atom. The Bertz CT molecular complexity index is 517. The lowest BCUT2D eigenvalue weighted by Crippen LogP contribution is -2.10. The van der Waals surface area contributed by atoms with Gasteiger partial charge in [0.2, 0.25) is 0 Å². The first-order valence-corrected chi connectivity index (χ1v) is 5.43. The summed E-state index contributed by atoms with van der Waals surface area (Å²) in [4.78, 5) is 0. The van der Waals surface area contributed by atoms with Gasteiger partial charge in [-0.3, -0.25) is 0 Å². The molecule has 2 aromatic rings. The molecule has 0 fully saturated rings. The molecule has 1 heterocycles. The van der Waals surface area contributed by atoms with Crippen molar-refractivity contribution in [3.63, 3.8) is 0 Å². The van der Waals surface area contributed by atoms with E-state index in [1.54, 1.807) is 0 Å². The van der Waals surface area contributed by atoms with E-state index in [2.05, 4.69) is 0 Å². The van der Waals surface area contributed by atoms with Gasteiger partial charge in [0, 0.05) is 12.3 Å². The summed E-state index contributed by atoms with van der Waals surface area (Å²) in [5.74, 6) is -0.155. The first-order chi connectivity index (χ1) is 8.44. The van der Waals surface area contributed by atoms with Gasteiger partial charge in [-0.2, -0.15) is 13.2 Å². The Kier molecular flexibility index (Phi) is 3.32. The zero-order valence-electron chi connectivity index (χ0n) is 9.48. The lowest BCUT2D eigenvalue weighted by Gasteiger charge is -2.05. The molecule has 0 saturated heterocycles. The van der Waals surface area contributed by atoms with E-state index in [0.29, 0.717) is 6.54 Å². The van der Waals surface area contributed by atoms with Crippen LogP contribution in [0.5, 0.6) is 5.88 Å². The summed E-state index contributed by atoms with van der Waals surface area (Å²) in [5, 5.41) is 9.59. The van der Waals surface area contributed by atoms with Crippen LogP contribution >= 0.6 is 0 Å². The monoisotopic (exact) mass is 255 g/mol. The van der Waals surface area contributed by atoms with Crippen LogP contribution < -0.4 is 0 Å². The highest BCUT2D eigenvalue weighted by molar-refractivity contribution is 5.25. The molecule has 0 bridgehead atoms. The van der Waals surface area contributed by atoms with Crippen LogP contribution in [0.2, 0.25) is 0 Å². The Morgan fingerprint density at radius 2 is 1.72 bits per heavy atom. The summed E-state index contributed by atoms with van der Waals surface area (Å²) < 4.78 is 38.1. The van der Waals surface area contributed by atoms with Crippen molar-refractivity contribution in [3.05, 3.63) is 53.7 Å². The topological polar surface area (TPSA) is 25.2 Å².